The first-order chi connectivity index (χ1) is 14.0. The second-order valence-corrected chi connectivity index (χ2v) is 10.9. The van der Waals surface area contributed by atoms with E-state index in [-0.39, 0.29) is 28.3 Å². The van der Waals surface area contributed by atoms with E-state index in [9.17, 15) is 18.0 Å². The van der Waals surface area contributed by atoms with Crippen LogP contribution in [-0.4, -0.2) is 20.2 Å². The number of carbonyl (C=O) groups is 2. The minimum absolute atomic E-state index is 0.0390. The Morgan fingerprint density at radius 3 is 2.47 bits per heavy atom. The van der Waals surface area contributed by atoms with Crippen LogP contribution in [0.1, 0.15) is 33.6 Å². The van der Waals surface area contributed by atoms with Gasteiger partial charge in [0.05, 0.1) is 21.7 Å². The van der Waals surface area contributed by atoms with Crippen LogP contribution in [0, 0.1) is 16.7 Å². The maximum atomic E-state index is 13.3. The van der Waals surface area contributed by atoms with Crippen molar-refractivity contribution in [1.29, 1.82) is 0 Å². The third kappa shape index (κ3) is 3.03. The summed E-state index contributed by atoms with van der Waals surface area (Å²) >= 11 is 5.93. The maximum absolute atomic E-state index is 13.3. The van der Waals surface area contributed by atoms with E-state index in [2.05, 4.69) is 4.72 Å². The Balaban J connectivity index is 1.70. The third-order valence-electron chi connectivity index (χ3n) is 6.88. The van der Waals surface area contributed by atoms with Crippen molar-refractivity contribution in [1.82, 2.24) is 0 Å². The average Bonchev–Trinajstić information content (AvgIpc) is 2.85. The van der Waals surface area contributed by atoms with E-state index < -0.39 is 20.9 Å². The molecule has 158 valence electrons. The summed E-state index contributed by atoms with van der Waals surface area (Å²) in [5, 5.41) is 0.403. The summed E-state index contributed by atoms with van der Waals surface area (Å²) in [5.41, 5.74) is -0.507. The van der Waals surface area contributed by atoms with Crippen molar-refractivity contribution in [3.63, 3.8) is 0 Å². The Kier molecular flexibility index (Phi) is 4.74. The van der Waals surface area contributed by atoms with Crippen molar-refractivity contribution in [2.24, 2.45) is 16.7 Å². The van der Waals surface area contributed by atoms with Crippen LogP contribution in [0.25, 0.3) is 0 Å². The highest BCUT2D eigenvalue weighted by Crippen LogP contribution is 2.60. The fourth-order valence-electron chi connectivity index (χ4n) is 4.62. The number of rotatable bonds is 4. The monoisotopic (exact) mass is 446 g/mol. The Morgan fingerprint density at radius 1 is 1.07 bits per heavy atom. The number of carbonyl (C=O) groups excluding carboxylic acids is 2. The average molecular weight is 447 g/mol. The second kappa shape index (κ2) is 6.82. The number of nitrogens with zero attached hydrogens (tertiary/aromatic N) is 1. The molecule has 0 spiro atoms. The number of piperidine rings is 1. The number of sulfonamides is 1. The number of nitrogens with one attached hydrogen (secondary N) is 1. The Bertz CT molecular complexity index is 1160. The molecule has 2 atom stereocenters. The Hall–Kier alpha value is -2.38. The number of imide groups is 1. The normalized spacial score (nSPS) is 25.5. The largest absolute Gasteiger partial charge is 0.280 e. The molecule has 0 radical (unpaired) electrons. The molecule has 2 amide bonds. The minimum Gasteiger partial charge on any atom is -0.280 e. The molecular formula is C22H23ClN2O4S. The summed E-state index contributed by atoms with van der Waals surface area (Å²) in [5.74, 6) is -0.814. The Morgan fingerprint density at radius 2 is 1.77 bits per heavy atom. The van der Waals surface area contributed by atoms with Crippen molar-refractivity contribution in [3.8, 4) is 0 Å². The van der Waals surface area contributed by atoms with E-state index in [1.165, 1.54) is 29.2 Å². The summed E-state index contributed by atoms with van der Waals surface area (Å²) in [4.78, 5) is 27.6. The predicted octanol–water partition coefficient (Wildman–Crippen LogP) is 4.46. The Labute approximate surface area is 181 Å². The molecule has 4 rings (SSSR count). The molecule has 1 aliphatic carbocycles. The highest BCUT2D eigenvalue weighted by Gasteiger charge is 2.64. The summed E-state index contributed by atoms with van der Waals surface area (Å²) in [7, 11) is -3.93. The first kappa shape index (κ1) is 20.9. The van der Waals surface area contributed by atoms with Gasteiger partial charge in [-0.1, -0.05) is 44.5 Å². The highest BCUT2D eigenvalue weighted by atomic mass is 35.5. The quantitative estimate of drug-likeness (QED) is 0.703. The predicted molar refractivity (Wildman–Crippen MR) is 116 cm³/mol. The van der Waals surface area contributed by atoms with E-state index >= 15 is 0 Å². The van der Waals surface area contributed by atoms with Gasteiger partial charge < -0.3 is 0 Å². The fourth-order valence-corrected chi connectivity index (χ4v) is 5.90. The molecular weight excluding hydrogens is 424 g/mol. The summed E-state index contributed by atoms with van der Waals surface area (Å²) in [6.07, 6.45) is 1.29. The van der Waals surface area contributed by atoms with Gasteiger partial charge >= 0.3 is 0 Å². The number of hydrogen-bond acceptors (Lipinski definition) is 4. The molecule has 0 unspecified atom stereocenters. The summed E-state index contributed by atoms with van der Waals surface area (Å²) < 4.78 is 28.2. The standard InChI is InChI=1S/C22H23ClN2O4S/c1-21(2)18-10-11-22(21,3)20(27)25(19(18)26)16-8-5-9-17(13-16)30(28,29)24-15-7-4-6-14(23)12-15/h4-9,12-13,18,24H,10-11H2,1-3H3/t18-,22+/m0/s1. The smallest absolute Gasteiger partial charge is 0.261 e. The first-order valence-electron chi connectivity index (χ1n) is 9.74. The molecule has 2 aromatic rings. The van der Waals surface area contributed by atoms with Crippen LogP contribution in [0.4, 0.5) is 11.4 Å². The minimum atomic E-state index is -3.93. The topological polar surface area (TPSA) is 83.6 Å². The SMILES string of the molecule is CC1(C)[C@H]2CC[C@]1(C)C(=O)N(c1cccc(S(=O)(=O)Nc3cccc(Cl)c3)c1)C2=O. The number of benzene rings is 2. The van der Waals surface area contributed by atoms with E-state index in [0.717, 1.165) is 0 Å². The van der Waals surface area contributed by atoms with Crippen molar-refractivity contribution in [2.75, 3.05) is 9.62 Å². The van der Waals surface area contributed by atoms with Crippen molar-refractivity contribution < 1.29 is 18.0 Å². The van der Waals surface area contributed by atoms with Crippen LogP contribution in [0.2, 0.25) is 5.02 Å². The molecule has 1 N–H and O–H groups in total. The van der Waals surface area contributed by atoms with E-state index in [1.54, 1.807) is 24.3 Å². The van der Waals surface area contributed by atoms with Crippen LogP contribution in [0.15, 0.2) is 53.4 Å². The lowest BCUT2D eigenvalue weighted by Gasteiger charge is -2.47. The molecule has 1 saturated carbocycles. The van der Waals surface area contributed by atoms with Gasteiger partial charge in [-0.25, -0.2) is 13.3 Å². The molecule has 1 heterocycles. The molecule has 0 aromatic heterocycles. The lowest BCUT2D eigenvalue weighted by molar-refractivity contribution is -0.146. The lowest BCUT2D eigenvalue weighted by atomic mass is 9.62. The zero-order valence-electron chi connectivity index (χ0n) is 17.0. The van der Waals surface area contributed by atoms with Gasteiger partial charge in [-0.2, -0.15) is 0 Å². The molecule has 1 saturated heterocycles. The van der Waals surface area contributed by atoms with Crippen LogP contribution < -0.4 is 9.62 Å². The highest BCUT2D eigenvalue weighted by molar-refractivity contribution is 7.92. The van der Waals surface area contributed by atoms with Gasteiger partial charge in [0, 0.05) is 10.9 Å². The molecule has 6 nitrogen and oxygen atoms in total. The molecule has 2 aromatic carbocycles. The lowest BCUT2D eigenvalue weighted by Crippen LogP contribution is -2.59. The molecule has 2 bridgehead atoms. The molecule has 1 aliphatic heterocycles. The van der Waals surface area contributed by atoms with Gasteiger partial charge in [0.1, 0.15) is 0 Å². The number of anilines is 2. The van der Waals surface area contributed by atoms with Crippen LogP contribution >= 0.6 is 11.6 Å². The van der Waals surface area contributed by atoms with Crippen LogP contribution in [0.3, 0.4) is 0 Å². The fraction of sp³-hybridized carbons (Fsp3) is 0.364. The van der Waals surface area contributed by atoms with E-state index in [1.807, 2.05) is 20.8 Å². The van der Waals surface area contributed by atoms with Gasteiger partial charge in [0.15, 0.2) is 0 Å². The summed E-state index contributed by atoms with van der Waals surface area (Å²) in [6.45, 7) is 5.83. The van der Waals surface area contributed by atoms with Gasteiger partial charge in [0.2, 0.25) is 11.8 Å². The van der Waals surface area contributed by atoms with Gasteiger partial charge in [-0.05, 0) is 54.7 Å². The van der Waals surface area contributed by atoms with Gasteiger partial charge in [-0.15, -0.1) is 0 Å². The number of amides is 2. The molecule has 30 heavy (non-hydrogen) atoms. The summed E-state index contributed by atoms with van der Waals surface area (Å²) in [6, 6.07) is 12.3. The number of hydrogen-bond donors (Lipinski definition) is 1. The van der Waals surface area contributed by atoms with Crippen LogP contribution in [-0.2, 0) is 19.6 Å². The first-order valence-corrected chi connectivity index (χ1v) is 11.6. The van der Waals surface area contributed by atoms with Crippen molar-refractivity contribution in [2.45, 2.75) is 38.5 Å². The number of halogens is 1. The van der Waals surface area contributed by atoms with E-state index in [4.69, 9.17) is 11.6 Å². The van der Waals surface area contributed by atoms with Crippen LogP contribution in [0.5, 0.6) is 0 Å². The van der Waals surface area contributed by atoms with Gasteiger partial charge in [-0.3, -0.25) is 14.3 Å². The maximum Gasteiger partial charge on any atom is 0.261 e. The molecule has 2 fully saturated rings. The van der Waals surface area contributed by atoms with E-state index in [0.29, 0.717) is 23.6 Å². The second-order valence-electron chi connectivity index (χ2n) is 8.74. The zero-order valence-corrected chi connectivity index (χ0v) is 18.5. The zero-order chi connectivity index (χ0) is 21.9. The molecule has 2 aliphatic rings. The van der Waals surface area contributed by atoms with Gasteiger partial charge in [0.25, 0.3) is 10.0 Å². The molecule has 8 heteroatoms. The van der Waals surface area contributed by atoms with Crippen molar-refractivity contribution in [3.05, 3.63) is 53.6 Å². The number of fused-ring (bicyclic) bond motifs is 2. The third-order valence-corrected chi connectivity index (χ3v) is 8.50. The van der Waals surface area contributed by atoms with Crippen molar-refractivity contribution >= 4 is 44.8 Å².